The first-order valence-corrected chi connectivity index (χ1v) is 9.07. The number of hydrogen-bond acceptors (Lipinski definition) is 3. The first-order chi connectivity index (χ1) is 13.0. The summed E-state index contributed by atoms with van der Waals surface area (Å²) in [4.78, 5) is 26.0. The Morgan fingerprint density at radius 3 is 2.48 bits per heavy atom. The van der Waals surface area contributed by atoms with Crippen LogP contribution < -0.4 is 10.1 Å². The van der Waals surface area contributed by atoms with Gasteiger partial charge in [0.25, 0.3) is 11.8 Å². The van der Waals surface area contributed by atoms with Crippen LogP contribution in [0.1, 0.15) is 34.3 Å². The number of ether oxygens (including phenoxy) is 1. The Labute approximate surface area is 158 Å². The molecule has 142 valence electrons. The molecule has 2 aromatic rings. The predicted octanol–water partition coefficient (Wildman–Crippen LogP) is 3.07. The molecule has 3 rings (SSSR count). The number of hydrogen-bond donors (Lipinski definition) is 1. The van der Waals surface area contributed by atoms with Gasteiger partial charge in [0, 0.05) is 25.2 Å². The van der Waals surface area contributed by atoms with Crippen LogP contribution in [-0.4, -0.2) is 36.4 Å². The maximum absolute atomic E-state index is 13.5. The van der Waals surface area contributed by atoms with E-state index in [2.05, 4.69) is 5.32 Å². The lowest BCUT2D eigenvalue weighted by Gasteiger charge is -2.15. The largest absolute Gasteiger partial charge is 0.484 e. The van der Waals surface area contributed by atoms with Crippen molar-refractivity contribution < 1.29 is 18.7 Å². The van der Waals surface area contributed by atoms with Crippen LogP contribution in [0.25, 0.3) is 0 Å². The maximum Gasteiger partial charge on any atom is 0.258 e. The van der Waals surface area contributed by atoms with Crippen molar-refractivity contribution in [3.05, 3.63) is 65.0 Å². The van der Waals surface area contributed by atoms with Gasteiger partial charge in [0.05, 0.1) is 0 Å². The molecule has 0 saturated carbocycles. The maximum atomic E-state index is 13.5. The third-order valence-corrected chi connectivity index (χ3v) is 4.59. The molecule has 1 aliphatic heterocycles. The van der Waals surface area contributed by atoms with Crippen molar-refractivity contribution in [2.24, 2.45) is 0 Å². The highest BCUT2D eigenvalue weighted by Crippen LogP contribution is 2.16. The van der Waals surface area contributed by atoms with Gasteiger partial charge in [0.2, 0.25) is 0 Å². The van der Waals surface area contributed by atoms with Crippen LogP contribution in [0.2, 0.25) is 0 Å². The minimum atomic E-state index is -0.298. The number of amides is 2. The molecule has 5 nitrogen and oxygen atoms in total. The van der Waals surface area contributed by atoms with Crippen molar-refractivity contribution in [2.75, 3.05) is 19.7 Å². The smallest absolute Gasteiger partial charge is 0.258 e. The zero-order valence-electron chi connectivity index (χ0n) is 15.3. The molecule has 0 radical (unpaired) electrons. The van der Waals surface area contributed by atoms with Gasteiger partial charge in [-0.05, 0) is 61.2 Å². The summed E-state index contributed by atoms with van der Waals surface area (Å²) in [6, 6.07) is 11.7. The van der Waals surface area contributed by atoms with Crippen molar-refractivity contribution in [3.8, 4) is 5.75 Å². The molecule has 6 heteroatoms. The second-order valence-electron chi connectivity index (χ2n) is 6.67. The number of carbonyl (C=O) groups is 2. The molecule has 2 amide bonds. The molecule has 1 fully saturated rings. The van der Waals surface area contributed by atoms with E-state index in [9.17, 15) is 14.0 Å². The highest BCUT2D eigenvalue weighted by molar-refractivity contribution is 5.94. The summed E-state index contributed by atoms with van der Waals surface area (Å²) in [5, 5.41) is 2.69. The molecule has 0 unspecified atom stereocenters. The topological polar surface area (TPSA) is 58.6 Å². The van der Waals surface area contributed by atoms with E-state index in [1.54, 1.807) is 43.3 Å². The second kappa shape index (κ2) is 8.66. The van der Waals surface area contributed by atoms with E-state index < -0.39 is 0 Å². The highest BCUT2D eigenvalue weighted by Gasteiger charge is 2.19. The Hall–Kier alpha value is -2.89. The lowest BCUT2D eigenvalue weighted by atomic mass is 10.1. The number of aryl methyl sites for hydroxylation is 1. The Morgan fingerprint density at radius 2 is 1.81 bits per heavy atom. The van der Waals surface area contributed by atoms with E-state index in [-0.39, 0.29) is 30.8 Å². The molecular weight excluding hydrogens is 347 g/mol. The standard InChI is InChI=1S/C21H23FN2O3/c1-15-4-5-16(12-19(15)22)13-23-20(25)14-27-18-8-6-17(7-9-18)21(26)24-10-2-3-11-24/h4-9,12H,2-3,10-11,13-14H2,1H3,(H,23,25). The molecule has 1 saturated heterocycles. The molecule has 0 atom stereocenters. The summed E-state index contributed by atoms with van der Waals surface area (Å²) < 4.78 is 18.9. The van der Waals surface area contributed by atoms with Crippen molar-refractivity contribution in [1.82, 2.24) is 10.2 Å². The van der Waals surface area contributed by atoms with Gasteiger partial charge in [0.1, 0.15) is 11.6 Å². The van der Waals surface area contributed by atoms with Gasteiger partial charge >= 0.3 is 0 Å². The van der Waals surface area contributed by atoms with Crippen LogP contribution in [0.4, 0.5) is 4.39 Å². The van der Waals surface area contributed by atoms with Gasteiger partial charge in [0.15, 0.2) is 6.61 Å². The summed E-state index contributed by atoms with van der Waals surface area (Å²) in [5.74, 6) is -0.0404. The minimum Gasteiger partial charge on any atom is -0.484 e. The van der Waals surface area contributed by atoms with E-state index in [0.29, 0.717) is 22.4 Å². The van der Waals surface area contributed by atoms with E-state index in [1.807, 2.05) is 4.90 Å². The average Bonchev–Trinajstić information content (AvgIpc) is 3.22. The fraction of sp³-hybridized carbons (Fsp3) is 0.333. The number of likely N-dealkylation sites (tertiary alicyclic amines) is 1. The first-order valence-electron chi connectivity index (χ1n) is 9.07. The SMILES string of the molecule is Cc1ccc(CNC(=O)COc2ccc(C(=O)N3CCCC3)cc2)cc1F. The Balaban J connectivity index is 1.45. The summed E-state index contributed by atoms with van der Waals surface area (Å²) >= 11 is 0. The zero-order valence-corrected chi connectivity index (χ0v) is 15.3. The summed E-state index contributed by atoms with van der Waals surface area (Å²) in [5.41, 5.74) is 1.88. The molecule has 1 heterocycles. The Kier molecular flexibility index (Phi) is 6.06. The minimum absolute atomic E-state index is 0.0297. The van der Waals surface area contributed by atoms with Crippen molar-refractivity contribution in [1.29, 1.82) is 0 Å². The number of benzene rings is 2. The van der Waals surface area contributed by atoms with Crippen LogP contribution >= 0.6 is 0 Å². The first kappa shape index (κ1) is 18.9. The van der Waals surface area contributed by atoms with Crippen LogP contribution in [-0.2, 0) is 11.3 Å². The summed E-state index contributed by atoms with van der Waals surface area (Å²) in [7, 11) is 0. The number of carbonyl (C=O) groups excluding carboxylic acids is 2. The molecule has 0 aliphatic carbocycles. The average molecular weight is 370 g/mol. The number of rotatable bonds is 6. The molecular formula is C21H23FN2O3. The number of halogens is 1. The lowest BCUT2D eigenvalue weighted by Crippen LogP contribution is -2.28. The van der Waals surface area contributed by atoms with Crippen molar-refractivity contribution >= 4 is 11.8 Å². The molecule has 1 N–H and O–H groups in total. The Bertz CT molecular complexity index is 815. The normalized spacial score (nSPS) is 13.5. The third-order valence-electron chi connectivity index (χ3n) is 4.59. The quantitative estimate of drug-likeness (QED) is 0.850. The molecule has 0 aromatic heterocycles. The fourth-order valence-corrected chi connectivity index (χ4v) is 2.94. The second-order valence-corrected chi connectivity index (χ2v) is 6.67. The number of nitrogens with one attached hydrogen (secondary N) is 1. The van der Waals surface area contributed by atoms with Gasteiger partial charge in [-0.3, -0.25) is 9.59 Å². The predicted molar refractivity (Wildman–Crippen MR) is 100 cm³/mol. The zero-order chi connectivity index (χ0) is 19.2. The Morgan fingerprint density at radius 1 is 1.11 bits per heavy atom. The summed E-state index contributed by atoms with van der Waals surface area (Å²) in [6.07, 6.45) is 2.11. The molecule has 27 heavy (non-hydrogen) atoms. The van der Waals surface area contributed by atoms with Gasteiger partial charge in [-0.25, -0.2) is 4.39 Å². The summed E-state index contributed by atoms with van der Waals surface area (Å²) in [6.45, 7) is 3.40. The van der Waals surface area contributed by atoms with E-state index in [4.69, 9.17) is 4.74 Å². The van der Waals surface area contributed by atoms with E-state index >= 15 is 0 Å². The fourth-order valence-electron chi connectivity index (χ4n) is 2.94. The van der Waals surface area contributed by atoms with Crippen LogP contribution in [0.15, 0.2) is 42.5 Å². The van der Waals surface area contributed by atoms with Crippen LogP contribution in [0, 0.1) is 12.7 Å². The molecule has 0 spiro atoms. The third kappa shape index (κ3) is 5.06. The van der Waals surface area contributed by atoms with Gasteiger partial charge in [-0.15, -0.1) is 0 Å². The monoisotopic (exact) mass is 370 g/mol. The highest BCUT2D eigenvalue weighted by atomic mass is 19.1. The van der Waals surface area contributed by atoms with Crippen LogP contribution in [0.3, 0.4) is 0 Å². The van der Waals surface area contributed by atoms with Crippen molar-refractivity contribution in [3.63, 3.8) is 0 Å². The van der Waals surface area contributed by atoms with Gasteiger partial charge in [-0.2, -0.15) is 0 Å². The van der Waals surface area contributed by atoms with Crippen LogP contribution in [0.5, 0.6) is 5.75 Å². The molecule has 0 bridgehead atoms. The number of nitrogens with zero attached hydrogens (tertiary/aromatic N) is 1. The van der Waals surface area contributed by atoms with Gasteiger partial charge < -0.3 is 15.0 Å². The van der Waals surface area contributed by atoms with E-state index in [0.717, 1.165) is 25.9 Å². The van der Waals surface area contributed by atoms with Crippen molar-refractivity contribution in [2.45, 2.75) is 26.3 Å². The van der Waals surface area contributed by atoms with Gasteiger partial charge in [-0.1, -0.05) is 12.1 Å². The molecule has 1 aliphatic rings. The lowest BCUT2D eigenvalue weighted by molar-refractivity contribution is -0.123. The van der Waals surface area contributed by atoms with E-state index in [1.165, 1.54) is 6.07 Å². The molecule has 2 aromatic carbocycles.